The lowest BCUT2D eigenvalue weighted by atomic mass is 9.73. The van der Waals surface area contributed by atoms with E-state index in [1.165, 1.54) is 0 Å². The first-order valence-corrected chi connectivity index (χ1v) is 21.1. The Hall–Kier alpha value is -0.840. The van der Waals surface area contributed by atoms with Gasteiger partial charge in [0.2, 0.25) is 0 Å². The van der Waals surface area contributed by atoms with Crippen LogP contribution in [0, 0.1) is 60.7 Å². The fourth-order valence-electron chi connectivity index (χ4n) is 13.9. The second kappa shape index (κ2) is 14.9. The van der Waals surface area contributed by atoms with E-state index in [0.29, 0.717) is 72.0 Å². The van der Waals surface area contributed by atoms with Crippen LogP contribution in [0.1, 0.15) is 59.3 Å². The standard InChI is InChI=1S/3C10H15BrN3O4.3BrH/c3*1-2-14-5-9(12(15)16)3-7(14)8(11)10(4-9,6-14)13(17)18;;;/h3*7-8H,2-6H2,1H3;3*1H/q3*+1;;;/p-3. The van der Waals surface area contributed by atoms with Crippen molar-refractivity contribution in [1.82, 2.24) is 0 Å². The van der Waals surface area contributed by atoms with Crippen molar-refractivity contribution in [2.24, 2.45) is 0 Å². The van der Waals surface area contributed by atoms with E-state index in [0.717, 1.165) is 19.6 Å². The Morgan fingerprint density at radius 2 is 0.649 bits per heavy atom. The molecule has 15 unspecified atom stereocenters. The van der Waals surface area contributed by atoms with Crippen molar-refractivity contribution < 1.29 is 93.9 Å². The van der Waals surface area contributed by atoms with Crippen LogP contribution in [0.5, 0.6) is 0 Å². The maximum atomic E-state index is 11.5. The maximum Gasteiger partial charge on any atom is 0.294 e. The lowest BCUT2D eigenvalue weighted by molar-refractivity contribution is -0.943. The monoisotopic (exact) mass is 1200 g/mol. The summed E-state index contributed by atoms with van der Waals surface area (Å²) in [5.41, 5.74) is -6.67. The molecule has 324 valence electrons. The second-order valence-corrected chi connectivity index (χ2v) is 21.1. The Morgan fingerprint density at radius 3 is 0.789 bits per heavy atom. The third-order valence-electron chi connectivity index (χ3n) is 16.1. The molecule has 0 spiro atoms. The van der Waals surface area contributed by atoms with E-state index in [-0.39, 0.29) is 132 Å². The van der Waals surface area contributed by atoms with Gasteiger partial charge in [0.05, 0.1) is 38.9 Å². The fraction of sp³-hybridized carbons (Fsp3) is 1.00. The molecule has 27 heteroatoms. The van der Waals surface area contributed by atoms with Gasteiger partial charge < -0.3 is 64.4 Å². The summed E-state index contributed by atoms with van der Waals surface area (Å²) in [6, 6.07) is 0.0404. The van der Waals surface area contributed by atoms with Crippen LogP contribution in [0.4, 0.5) is 0 Å². The largest absolute Gasteiger partial charge is 1.00 e. The summed E-state index contributed by atoms with van der Waals surface area (Å²) >= 11 is 10.4. The first-order chi connectivity index (χ1) is 25.0. The molecule has 0 aromatic rings. The van der Waals surface area contributed by atoms with Gasteiger partial charge in [0.15, 0.2) is 39.3 Å². The van der Waals surface area contributed by atoms with Crippen LogP contribution in [0.2, 0.25) is 0 Å². The predicted octanol–water partition coefficient (Wildman–Crippen LogP) is -6.57. The lowest BCUT2D eigenvalue weighted by Gasteiger charge is -2.37. The van der Waals surface area contributed by atoms with Gasteiger partial charge in [-0.25, -0.2) is 0 Å². The number of alkyl halides is 3. The van der Waals surface area contributed by atoms with E-state index in [1.54, 1.807) is 0 Å². The summed E-state index contributed by atoms with van der Waals surface area (Å²) in [5, 5.41) is 68.6. The molecule has 12 rings (SSSR count). The van der Waals surface area contributed by atoms with Gasteiger partial charge in [-0.05, 0) is 20.8 Å². The Balaban J connectivity index is 0.000000185. The van der Waals surface area contributed by atoms with Gasteiger partial charge in [-0.15, -0.1) is 0 Å². The van der Waals surface area contributed by atoms with Crippen LogP contribution in [0.25, 0.3) is 0 Å². The zero-order valence-electron chi connectivity index (χ0n) is 31.3. The number of likely N-dealkylation sites (N-methyl/N-ethyl adjacent to an activating group) is 3. The number of hydrogen-bond donors (Lipinski definition) is 0. The van der Waals surface area contributed by atoms with Crippen molar-refractivity contribution in [3.8, 4) is 0 Å². The molecule has 0 N–H and O–H groups in total. The Bertz CT molecular complexity index is 1590. The number of piperidine rings is 3. The van der Waals surface area contributed by atoms with E-state index >= 15 is 0 Å². The number of halogens is 6. The topological polar surface area (TPSA) is 259 Å². The molecule has 3 saturated carbocycles. The maximum absolute atomic E-state index is 11.5. The van der Waals surface area contributed by atoms with Crippen LogP contribution in [0.3, 0.4) is 0 Å². The summed E-state index contributed by atoms with van der Waals surface area (Å²) in [4.78, 5) is 66.3. The summed E-state index contributed by atoms with van der Waals surface area (Å²) in [6.45, 7) is 10.8. The van der Waals surface area contributed by atoms with Crippen LogP contribution in [-0.2, 0) is 0 Å². The first-order valence-electron chi connectivity index (χ1n) is 18.3. The predicted molar refractivity (Wildman–Crippen MR) is 197 cm³/mol. The summed E-state index contributed by atoms with van der Waals surface area (Å²) in [7, 11) is 0. The molecule has 9 heterocycles. The highest BCUT2D eigenvalue weighted by atomic mass is 79.9. The molecule has 0 amide bonds. The molecular formula is C30H45Br6N9O12. The molecule has 9 saturated heterocycles. The number of nitro groups is 6. The molecule has 9 aliphatic heterocycles. The molecule has 21 nitrogen and oxygen atoms in total. The number of nitrogens with zero attached hydrogens (tertiary/aromatic N) is 9. The van der Waals surface area contributed by atoms with Crippen molar-refractivity contribution in [1.29, 1.82) is 0 Å². The molecule has 0 radical (unpaired) electrons. The Kier molecular flexibility index (Phi) is 12.8. The van der Waals surface area contributed by atoms with Gasteiger partial charge >= 0.3 is 0 Å². The van der Waals surface area contributed by atoms with Crippen LogP contribution < -0.4 is 50.9 Å². The quantitative estimate of drug-likeness (QED) is 0.0904. The number of quaternary nitrogens is 3. The van der Waals surface area contributed by atoms with E-state index in [1.807, 2.05) is 20.8 Å². The number of hydrogen-bond acceptors (Lipinski definition) is 12. The first kappa shape index (κ1) is 48.8. The average molecular weight is 1200 g/mol. The zero-order chi connectivity index (χ0) is 40.0. The second-order valence-electron chi connectivity index (χ2n) is 18.1. The Morgan fingerprint density at radius 1 is 0.439 bits per heavy atom. The molecule has 15 atom stereocenters. The van der Waals surface area contributed by atoms with Crippen molar-refractivity contribution in [3.05, 3.63) is 60.7 Å². The van der Waals surface area contributed by atoms with Crippen LogP contribution in [0.15, 0.2) is 0 Å². The van der Waals surface area contributed by atoms with Crippen molar-refractivity contribution in [2.75, 3.05) is 58.9 Å². The van der Waals surface area contributed by atoms with Crippen LogP contribution >= 0.6 is 47.8 Å². The van der Waals surface area contributed by atoms with Gasteiger partial charge in [-0.2, -0.15) is 0 Å². The molecular weight excluding hydrogens is 1160 g/mol. The van der Waals surface area contributed by atoms with E-state index < -0.39 is 33.2 Å². The molecule has 0 aromatic heterocycles. The van der Waals surface area contributed by atoms with E-state index in [4.69, 9.17) is 0 Å². The van der Waals surface area contributed by atoms with Gasteiger partial charge in [0.25, 0.3) is 33.2 Å². The normalized spacial score (nSPS) is 50.0. The summed E-state index contributed by atoms with van der Waals surface area (Å²) in [5.74, 6) is 0. The molecule has 12 aliphatic rings. The SMILES string of the molecule is CC[N+]12CC3([N+](=O)[O-])CC1C(Br)C([N+](=O)[O-])(C3)C2.CC[N+]12CC3([N+](=O)[O-])CC1C(Br)C([N+](=O)[O-])(C3)C2.CC[N+]12CC3([N+](=O)[O-])CC1C(Br)C([N+](=O)[O-])(C3)C2.[Br-].[Br-].[Br-]. The van der Waals surface area contributed by atoms with Gasteiger partial charge in [0, 0.05) is 29.5 Å². The minimum atomic E-state index is -1.15. The van der Waals surface area contributed by atoms with Gasteiger partial charge in [0.1, 0.15) is 51.9 Å². The molecule has 12 fully saturated rings. The van der Waals surface area contributed by atoms with E-state index in [2.05, 4.69) is 47.8 Å². The fourth-order valence-corrected chi connectivity index (χ4v) is 17.4. The molecule has 3 aliphatic carbocycles. The van der Waals surface area contributed by atoms with Crippen LogP contribution in [-0.4, -0.2) is 168 Å². The minimum Gasteiger partial charge on any atom is -1.00 e. The smallest absolute Gasteiger partial charge is 0.294 e. The number of rotatable bonds is 9. The van der Waals surface area contributed by atoms with Gasteiger partial charge in [-0.1, -0.05) is 47.8 Å². The summed E-state index contributed by atoms with van der Waals surface area (Å²) in [6.07, 6.45) is 1.64. The minimum absolute atomic E-state index is 0. The molecule has 57 heavy (non-hydrogen) atoms. The third-order valence-corrected chi connectivity index (χ3v) is 20.5. The Labute approximate surface area is 383 Å². The van der Waals surface area contributed by atoms with Crippen molar-refractivity contribution in [2.45, 2.75) is 125 Å². The third kappa shape index (κ3) is 6.00. The van der Waals surface area contributed by atoms with E-state index in [9.17, 15) is 60.7 Å². The van der Waals surface area contributed by atoms with Gasteiger partial charge in [-0.3, -0.25) is 60.7 Å². The van der Waals surface area contributed by atoms with Crippen molar-refractivity contribution >= 4 is 47.8 Å². The highest BCUT2D eigenvalue weighted by molar-refractivity contribution is 9.10. The molecule has 12 bridgehead atoms. The van der Waals surface area contributed by atoms with Crippen molar-refractivity contribution in [3.63, 3.8) is 0 Å². The lowest BCUT2D eigenvalue weighted by Crippen LogP contribution is -3.00. The molecule has 0 aromatic carbocycles. The highest BCUT2D eigenvalue weighted by Gasteiger charge is 2.87. The highest BCUT2D eigenvalue weighted by Crippen LogP contribution is 2.62. The average Bonchev–Trinajstić information content (AvgIpc) is 3.78. The summed E-state index contributed by atoms with van der Waals surface area (Å²) < 4.78 is 1.62. The zero-order valence-corrected chi connectivity index (χ0v) is 40.8.